The maximum absolute atomic E-state index is 12.8. The van der Waals surface area contributed by atoms with Crippen molar-refractivity contribution in [3.05, 3.63) is 54.1 Å². The van der Waals surface area contributed by atoms with Crippen molar-refractivity contribution in [3.63, 3.8) is 0 Å². The lowest BCUT2D eigenvalue weighted by molar-refractivity contribution is -0.117. The molecule has 4 rings (SSSR count). The lowest BCUT2D eigenvalue weighted by atomic mass is 10.2. The first kappa shape index (κ1) is 19.7. The number of amides is 1. The van der Waals surface area contributed by atoms with Gasteiger partial charge in [-0.2, -0.15) is 0 Å². The van der Waals surface area contributed by atoms with Crippen molar-refractivity contribution < 1.29 is 19.0 Å². The Morgan fingerprint density at radius 2 is 1.83 bits per heavy atom. The third-order valence-electron chi connectivity index (χ3n) is 5.13. The molecular formula is C23H28N2O4. The van der Waals surface area contributed by atoms with Gasteiger partial charge in [-0.25, -0.2) is 0 Å². The summed E-state index contributed by atoms with van der Waals surface area (Å²) in [4.78, 5) is 14.9. The molecule has 2 aromatic carbocycles. The van der Waals surface area contributed by atoms with Gasteiger partial charge < -0.3 is 19.5 Å². The Hall–Kier alpha value is -2.57. The van der Waals surface area contributed by atoms with Gasteiger partial charge in [-0.1, -0.05) is 30.3 Å². The number of carbonyl (C=O) groups is 1. The SMILES string of the molecule is O=C(CN(Cc1ccccc1)CC1CCCO1)Nc1ccc2c(c1)OCCCO2. The van der Waals surface area contributed by atoms with Crippen LogP contribution in [-0.2, 0) is 16.1 Å². The molecule has 6 nitrogen and oxygen atoms in total. The van der Waals surface area contributed by atoms with Crippen LogP contribution in [0.15, 0.2) is 48.5 Å². The normalized spacial score (nSPS) is 18.4. The van der Waals surface area contributed by atoms with Crippen LogP contribution in [0, 0.1) is 0 Å². The molecule has 1 fully saturated rings. The van der Waals surface area contributed by atoms with Gasteiger partial charge in [0.15, 0.2) is 11.5 Å². The summed E-state index contributed by atoms with van der Waals surface area (Å²) in [5.74, 6) is 1.36. The molecule has 2 aromatic rings. The molecule has 1 N–H and O–H groups in total. The van der Waals surface area contributed by atoms with Crippen LogP contribution in [0.2, 0.25) is 0 Å². The van der Waals surface area contributed by atoms with Crippen LogP contribution in [-0.4, -0.2) is 49.8 Å². The van der Waals surface area contributed by atoms with Gasteiger partial charge in [-0.05, 0) is 30.5 Å². The van der Waals surface area contributed by atoms with E-state index >= 15 is 0 Å². The molecule has 2 aliphatic heterocycles. The molecule has 2 heterocycles. The molecule has 0 radical (unpaired) electrons. The van der Waals surface area contributed by atoms with E-state index in [9.17, 15) is 4.79 Å². The molecule has 0 bridgehead atoms. The van der Waals surface area contributed by atoms with E-state index in [-0.39, 0.29) is 12.0 Å². The molecule has 29 heavy (non-hydrogen) atoms. The second-order valence-corrected chi connectivity index (χ2v) is 7.55. The molecule has 6 heteroatoms. The molecule has 1 amide bonds. The number of ether oxygens (including phenoxy) is 3. The summed E-state index contributed by atoms with van der Waals surface area (Å²) in [6.45, 7) is 3.86. The van der Waals surface area contributed by atoms with Crippen molar-refractivity contribution in [1.29, 1.82) is 0 Å². The minimum Gasteiger partial charge on any atom is -0.490 e. The number of rotatable bonds is 7. The average molecular weight is 396 g/mol. The van der Waals surface area contributed by atoms with Gasteiger partial charge in [0.25, 0.3) is 0 Å². The highest BCUT2D eigenvalue weighted by molar-refractivity contribution is 5.92. The van der Waals surface area contributed by atoms with Crippen LogP contribution in [0.1, 0.15) is 24.8 Å². The Bertz CT molecular complexity index is 806. The lowest BCUT2D eigenvalue weighted by Crippen LogP contribution is -2.37. The van der Waals surface area contributed by atoms with E-state index in [0.29, 0.717) is 25.5 Å². The molecule has 0 spiro atoms. The predicted molar refractivity (Wildman–Crippen MR) is 111 cm³/mol. The lowest BCUT2D eigenvalue weighted by Gasteiger charge is -2.25. The molecule has 154 valence electrons. The average Bonchev–Trinajstić information content (AvgIpc) is 3.11. The van der Waals surface area contributed by atoms with E-state index in [2.05, 4.69) is 22.3 Å². The smallest absolute Gasteiger partial charge is 0.238 e. The van der Waals surface area contributed by atoms with Crippen LogP contribution >= 0.6 is 0 Å². The van der Waals surface area contributed by atoms with E-state index in [0.717, 1.165) is 50.4 Å². The van der Waals surface area contributed by atoms with Gasteiger partial charge >= 0.3 is 0 Å². The fourth-order valence-electron chi connectivity index (χ4n) is 3.75. The first-order valence-corrected chi connectivity index (χ1v) is 10.3. The largest absolute Gasteiger partial charge is 0.490 e. The zero-order valence-corrected chi connectivity index (χ0v) is 16.6. The van der Waals surface area contributed by atoms with Crippen LogP contribution in [0.4, 0.5) is 5.69 Å². The highest BCUT2D eigenvalue weighted by Gasteiger charge is 2.21. The number of hydrogen-bond acceptors (Lipinski definition) is 5. The fourth-order valence-corrected chi connectivity index (χ4v) is 3.75. The monoisotopic (exact) mass is 396 g/mol. The van der Waals surface area contributed by atoms with Gasteiger partial charge in [-0.15, -0.1) is 0 Å². The number of hydrogen-bond donors (Lipinski definition) is 1. The van der Waals surface area contributed by atoms with Crippen LogP contribution in [0.25, 0.3) is 0 Å². The van der Waals surface area contributed by atoms with E-state index in [1.54, 1.807) is 0 Å². The first-order chi connectivity index (χ1) is 14.3. The Balaban J connectivity index is 1.39. The Labute approximate surface area is 171 Å². The summed E-state index contributed by atoms with van der Waals surface area (Å²) in [6, 6.07) is 15.8. The fraction of sp³-hybridized carbons (Fsp3) is 0.435. The van der Waals surface area contributed by atoms with Crippen molar-refractivity contribution in [2.24, 2.45) is 0 Å². The summed E-state index contributed by atoms with van der Waals surface area (Å²) >= 11 is 0. The van der Waals surface area contributed by atoms with Gasteiger partial charge in [0.1, 0.15) is 0 Å². The number of carbonyl (C=O) groups excluding carboxylic acids is 1. The van der Waals surface area contributed by atoms with Crippen LogP contribution in [0.3, 0.4) is 0 Å². The quantitative estimate of drug-likeness (QED) is 0.777. The van der Waals surface area contributed by atoms with Gasteiger partial charge in [0.2, 0.25) is 5.91 Å². The second-order valence-electron chi connectivity index (χ2n) is 7.55. The molecule has 2 aliphatic rings. The summed E-state index contributed by atoms with van der Waals surface area (Å²) in [7, 11) is 0. The van der Waals surface area contributed by atoms with Crippen molar-refractivity contribution >= 4 is 11.6 Å². The summed E-state index contributed by atoms with van der Waals surface area (Å²) in [5, 5.41) is 3.00. The highest BCUT2D eigenvalue weighted by atomic mass is 16.5. The zero-order chi connectivity index (χ0) is 19.9. The number of nitrogens with one attached hydrogen (secondary N) is 1. The third kappa shape index (κ3) is 5.71. The van der Waals surface area contributed by atoms with Crippen molar-refractivity contribution in [1.82, 2.24) is 4.90 Å². The second kappa shape index (κ2) is 9.76. The molecule has 0 aromatic heterocycles. The van der Waals surface area contributed by atoms with E-state index in [1.807, 2.05) is 36.4 Å². The van der Waals surface area contributed by atoms with Gasteiger partial charge in [-0.3, -0.25) is 9.69 Å². The van der Waals surface area contributed by atoms with Crippen LogP contribution in [0.5, 0.6) is 11.5 Å². The molecule has 1 unspecified atom stereocenters. The topological polar surface area (TPSA) is 60.0 Å². The maximum atomic E-state index is 12.8. The standard InChI is InChI=1S/C23H28N2O4/c26-23(24-19-9-10-21-22(14-19)29-13-5-12-28-21)17-25(16-20-8-4-11-27-20)15-18-6-2-1-3-7-18/h1-3,6-7,9-10,14,20H,4-5,8,11-13,15-17H2,(H,24,26). The van der Waals surface area contributed by atoms with E-state index in [1.165, 1.54) is 5.56 Å². The minimum atomic E-state index is -0.0478. The predicted octanol–water partition coefficient (Wildman–Crippen LogP) is 3.47. The van der Waals surface area contributed by atoms with E-state index < -0.39 is 0 Å². The molecule has 0 saturated carbocycles. The molecule has 0 aliphatic carbocycles. The Morgan fingerprint density at radius 3 is 2.62 bits per heavy atom. The first-order valence-electron chi connectivity index (χ1n) is 10.3. The Morgan fingerprint density at radius 1 is 1.00 bits per heavy atom. The van der Waals surface area contributed by atoms with Crippen LogP contribution < -0.4 is 14.8 Å². The number of benzene rings is 2. The van der Waals surface area contributed by atoms with E-state index in [4.69, 9.17) is 14.2 Å². The number of fused-ring (bicyclic) bond motifs is 1. The highest BCUT2D eigenvalue weighted by Crippen LogP contribution is 2.32. The van der Waals surface area contributed by atoms with Gasteiger partial charge in [0.05, 0.1) is 25.9 Å². The zero-order valence-electron chi connectivity index (χ0n) is 16.6. The Kier molecular flexibility index (Phi) is 6.64. The summed E-state index contributed by atoms with van der Waals surface area (Å²) in [6.07, 6.45) is 3.20. The van der Waals surface area contributed by atoms with Crippen molar-refractivity contribution in [2.75, 3.05) is 38.2 Å². The maximum Gasteiger partial charge on any atom is 0.238 e. The number of nitrogens with zero attached hydrogens (tertiary/aromatic N) is 1. The van der Waals surface area contributed by atoms with Gasteiger partial charge in [0, 0.05) is 37.9 Å². The summed E-state index contributed by atoms with van der Waals surface area (Å²) < 4.78 is 17.2. The molecule has 1 atom stereocenters. The molecule has 1 saturated heterocycles. The minimum absolute atomic E-state index is 0.0478. The third-order valence-corrected chi connectivity index (χ3v) is 5.13. The number of anilines is 1. The van der Waals surface area contributed by atoms with Crippen molar-refractivity contribution in [3.8, 4) is 11.5 Å². The summed E-state index contributed by atoms with van der Waals surface area (Å²) in [5.41, 5.74) is 1.91. The van der Waals surface area contributed by atoms with Crippen molar-refractivity contribution in [2.45, 2.75) is 31.9 Å². The molecular weight excluding hydrogens is 368 g/mol.